The summed E-state index contributed by atoms with van der Waals surface area (Å²) in [6, 6.07) is 14.7. The Morgan fingerprint density at radius 3 is 2.45 bits per heavy atom. The van der Waals surface area contributed by atoms with Gasteiger partial charge in [0, 0.05) is 34.2 Å². The van der Waals surface area contributed by atoms with Crippen molar-refractivity contribution >= 4 is 46.6 Å². The maximum Gasteiger partial charge on any atom is 0.271 e. The molecular weight excluding hydrogens is 439 g/mol. The number of nitrogens with zero attached hydrogens (tertiary/aromatic N) is 3. The molecule has 0 aliphatic heterocycles. The molecule has 9 heteroatoms. The molecule has 0 saturated carbocycles. The smallest absolute Gasteiger partial charge is 0.271 e. The lowest BCUT2D eigenvalue weighted by atomic mass is 10.1. The van der Waals surface area contributed by atoms with E-state index in [1.807, 2.05) is 42.7 Å². The van der Waals surface area contributed by atoms with E-state index in [0.717, 1.165) is 23.1 Å². The van der Waals surface area contributed by atoms with Crippen molar-refractivity contribution in [2.75, 3.05) is 5.32 Å². The predicted molar refractivity (Wildman–Crippen MR) is 121 cm³/mol. The molecule has 0 aliphatic rings. The standard InChI is InChI=1S/C22H16Cl2N4O3/c1-13-9-15(14(2)27(13)18-5-3-17(23)4-6-18)10-16(12-25)22(29)26-21-11-19(28(30)31)7-8-20(21)24/h3-11H,1-2H3,(H,26,29)/b16-10+. The summed E-state index contributed by atoms with van der Waals surface area (Å²) >= 11 is 12.0. The Hall–Kier alpha value is -3.60. The Balaban J connectivity index is 1.94. The van der Waals surface area contributed by atoms with Gasteiger partial charge in [0.2, 0.25) is 0 Å². The fraction of sp³-hybridized carbons (Fsp3) is 0.0909. The number of rotatable bonds is 5. The Morgan fingerprint density at radius 1 is 1.16 bits per heavy atom. The summed E-state index contributed by atoms with van der Waals surface area (Å²) in [5.74, 6) is -0.721. The predicted octanol–water partition coefficient (Wildman–Crippen LogP) is 5.85. The summed E-state index contributed by atoms with van der Waals surface area (Å²) in [7, 11) is 0. The summed E-state index contributed by atoms with van der Waals surface area (Å²) < 4.78 is 1.98. The molecule has 3 aromatic rings. The molecule has 0 fully saturated rings. The van der Waals surface area contributed by atoms with Gasteiger partial charge < -0.3 is 9.88 Å². The molecule has 0 atom stereocenters. The molecule has 1 heterocycles. The second-order valence-electron chi connectivity index (χ2n) is 6.68. The number of aromatic nitrogens is 1. The van der Waals surface area contributed by atoms with Crippen LogP contribution in [-0.4, -0.2) is 15.4 Å². The minimum atomic E-state index is -0.721. The van der Waals surface area contributed by atoms with E-state index in [2.05, 4.69) is 5.32 Å². The van der Waals surface area contributed by atoms with Gasteiger partial charge in [0.05, 0.1) is 15.6 Å². The Bertz CT molecular complexity index is 1250. The highest BCUT2D eigenvalue weighted by atomic mass is 35.5. The number of nitriles is 1. The fourth-order valence-electron chi connectivity index (χ4n) is 3.14. The lowest BCUT2D eigenvalue weighted by Crippen LogP contribution is -2.14. The van der Waals surface area contributed by atoms with Crippen molar-refractivity contribution in [3.05, 3.63) is 91.2 Å². The van der Waals surface area contributed by atoms with Crippen LogP contribution in [0.2, 0.25) is 10.0 Å². The Labute approximate surface area is 188 Å². The molecular formula is C22H16Cl2N4O3. The lowest BCUT2D eigenvalue weighted by molar-refractivity contribution is -0.384. The van der Waals surface area contributed by atoms with Gasteiger partial charge in [-0.3, -0.25) is 14.9 Å². The number of anilines is 1. The molecule has 31 heavy (non-hydrogen) atoms. The van der Waals surface area contributed by atoms with Gasteiger partial charge in [-0.1, -0.05) is 23.2 Å². The number of benzene rings is 2. The molecule has 156 valence electrons. The maximum atomic E-state index is 12.6. The number of hydrogen-bond donors (Lipinski definition) is 1. The van der Waals surface area contributed by atoms with Crippen LogP contribution in [0, 0.1) is 35.3 Å². The molecule has 0 unspecified atom stereocenters. The van der Waals surface area contributed by atoms with E-state index in [0.29, 0.717) is 10.6 Å². The number of non-ortho nitro benzene ring substituents is 1. The van der Waals surface area contributed by atoms with Crippen molar-refractivity contribution in [1.82, 2.24) is 4.57 Å². The molecule has 0 bridgehead atoms. The molecule has 0 saturated heterocycles. The minimum absolute atomic E-state index is 0.0497. The first-order valence-electron chi connectivity index (χ1n) is 9.03. The summed E-state index contributed by atoms with van der Waals surface area (Å²) in [4.78, 5) is 23.0. The number of carbonyl (C=O) groups excluding carboxylic acids is 1. The molecule has 0 spiro atoms. The van der Waals surface area contributed by atoms with E-state index in [1.54, 1.807) is 12.1 Å². The molecule has 0 radical (unpaired) electrons. The second kappa shape index (κ2) is 9.04. The largest absolute Gasteiger partial charge is 0.320 e. The number of hydrogen-bond acceptors (Lipinski definition) is 4. The maximum absolute atomic E-state index is 12.6. The fourth-order valence-corrected chi connectivity index (χ4v) is 3.43. The van der Waals surface area contributed by atoms with E-state index >= 15 is 0 Å². The van der Waals surface area contributed by atoms with Gasteiger partial charge in [-0.05, 0) is 61.9 Å². The molecule has 1 N–H and O–H groups in total. The first kappa shape index (κ1) is 22.1. The molecule has 3 rings (SSSR count). The van der Waals surface area contributed by atoms with Gasteiger partial charge in [-0.15, -0.1) is 0 Å². The second-order valence-corrected chi connectivity index (χ2v) is 7.53. The van der Waals surface area contributed by atoms with E-state index < -0.39 is 10.8 Å². The zero-order chi connectivity index (χ0) is 22.7. The monoisotopic (exact) mass is 454 g/mol. The third-order valence-electron chi connectivity index (χ3n) is 4.63. The van der Waals surface area contributed by atoms with Crippen LogP contribution in [0.15, 0.2) is 54.1 Å². The van der Waals surface area contributed by atoms with Crippen molar-refractivity contribution in [1.29, 1.82) is 5.26 Å². The zero-order valence-corrected chi connectivity index (χ0v) is 18.0. The lowest BCUT2D eigenvalue weighted by Gasteiger charge is -2.10. The quantitative estimate of drug-likeness (QED) is 0.226. The number of nitrogens with one attached hydrogen (secondary N) is 1. The molecule has 2 aromatic carbocycles. The van der Waals surface area contributed by atoms with Gasteiger partial charge in [0.15, 0.2) is 0 Å². The highest BCUT2D eigenvalue weighted by Crippen LogP contribution is 2.28. The van der Waals surface area contributed by atoms with Crippen LogP contribution >= 0.6 is 23.2 Å². The van der Waals surface area contributed by atoms with E-state index in [-0.39, 0.29) is 22.0 Å². The summed E-state index contributed by atoms with van der Waals surface area (Å²) in [6.07, 6.45) is 1.47. The number of nitro groups is 1. The highest BCUT2D eigenvalue weighted by Gasteiger charge is 2.17. The van der Waals surface area contributed by atoms with Gasteiger partial charge in [0.1, 0.15) is 11.6 Å². The first-order chi connectivity index (χ1) is 14.7. The van der Waals surface area contributed by atoms with Gasteiger partial charge >= 0.3 is 0 Å². The first-order valence-corrected chi connectivity index (χ1v) is 9.79. The van der Waals surface area contributed by atoms with Crippen LogP contribution in [0.1, 0.15) is 17.0 Å². The van der Waals surface area contributed by atoms with Crippen LogP contribution in [0.3, 0.4) is 0 Å². The minimum Gasteiger partial charge on any atom is -0.320 e. The Morgan fingerprint density at radius 2 is 1.84 bits per heavy atom. The third-order valence-corrected chi connectivity index (χ3v) is 5.21. The summed E-state index contributed by atoms with van der Waals surface area (Å²) in [5.41, 5.74) is 2.97. The van der Waals surface area contributed by atoms with Crippen LogP contribution in [-0.2, 0) is 4.79 Å². The summed E-state index contributed by atoms with van der Waals surface area (Å²) in [5, 5.41) is 23.7. The van der Waals surface area contributed by atoms with Crippen molar-refractivity contribution in [2.45, 2.75) is 13.8 Å². The van der Waals surface area contributed by atoms with Crippen LogP contribution in [0.25, 0.3) is 11.8 Å². The van der Waals surface area contributed by atoms with Crippen LogP contribution in [0.4, 0.5) is 11.4 Å². The SMILES string of the molecule is Cc1cc(/C=C(\C#N)C(=O)Nc2cc([N+](=O)[O-])ccc2Cl)c(C)n1-c1ccc(Cl)cc1. The van der Waals surface area contributed by atoms with Crippen molar-refractivity contribution in [3.8, 4) is 11.8 Å². The summed E-state index contributed by atoms with van der Waals surface area (Å²) in [6.45, 7) is 3.78. The van der Waals surface area contributed by atoms with Gasteiger partial charge in [-0.25, -0.2) is 0 Å². The molecule has 0 aliphatic carbocycles. The normalized spacial score (nSPS) is 11.1. The van der Waals surface area contributed by atoms with Gasteiger partial charge in [0.25, 0.3) is 11.6 Å². The Kier molecular flexibility index (Phi) is 6.44. The molecule has 7 nitrogen and oxygen atoms in total. The van der Waals surface area contributed by atoms with E-state index in [9.17, 15) is 20.2 Å². The highest BCUT2D eigenvalue weighted by molar-refractivity contribution is 6.34. The van der Waals surface area contributed by atoms with Crippen molar-refractivity contribution in [3.63, 3.8) is 0 Å². The van der Waals surface area contributed by atoms with Crippen molar-refractivity contribution in [2.24, 2.45) is 0 Å². The van der Waals surface area contributed by atoms with E-state index in [1.165, 1.54) is 18.2 Å². The number of halogens is 2. The third kappa shape index (κ3) is 4.77. The van der Waals surface area contributed by atoms with E-state index in [4.69, 9.17) is 23.2 Å². The molecule has 1 amide bonds. The number of amides is 1. The average Bonchev–Trinajstić information content (AvgIpc) is 3.01. The zero-order valence-electron chi connectivity index (χ0n) is 16.5. The van der Waals surface area contributed by atoms with Gasteiger partial charge in [-0.2, -0.15) is 5.26 Å². The number of nitro benzene ring substituents is 1. The topological polar surface area (TPSA) is 101 Å². The average molecular weight is 455 g/mol. The number of aryl methyl sites for hydroxylation is 1. The van der Waals surface area contributed by atoms with Crippen LogP contribution in [0.5, 0.6) is 0 Å². The number of carbonyl (C=O) groups is 1. The molecule has 1 aromatic heterocycles. The van der Waals surface area contributed by atoms with Crippen molar-refractivity contribution < 1.29 is 9.72 Å². The van der Waals surface area contributed by atoms with Crippen LogP contribution < -0.4 is 5.32 Å².